The number of nitrogens with one attached hydrogen (secondary N) is 1. The van der Waals surface area contributed by atoms with E-state index in [1.54, 1.807) is 18.3 Å². The van der Waals surface area contributed by atoms with Crippen molar-refractivity contribution in [3.63, 3.8) is 0 Å². The molecule has 0 amide bonds. The van der Waals surface area contributed by atoms with E-state index in [1.807, 2.05) is 24.3 Å². The van der Waals surface area contributed by atoms with Gasteiger partial charge in [-0.15, -0.1) is 0 Å². The number of hydrogen-bond donors (Lipinski definition) is 2. The van der Waals surface area contributed by atoms with Crippen LogP contribution in [0.5, 0.6) is 0 Å². The third-order valence-electron chi connectivity index (χ3n) is 2.71. The average molecular weight is 257 g/mol. The number of nitrogens with zero attached hydrogens (tertiary/aromatic N) is 1. The Morgan fingerprint density at radius 3 is 2.84 bits per heavy atom. The van der Waals surface area contributed by atoms with Crippen molar-refractivity contribution in [1.82, 2.24) is 4.98 Å². The molecule has 0 unspecified atom stereocenters. The summed E-state index contributed by atoms with van der Waals surface area (Å²) in [5, 5.41) is 3.09. The zero-order valence-electron chi connectivity index (χ0n) is 10.6. The fourth-order valence-corrected chi connectivity index (χ4v) is 1.69. The first-order valence-electron chi connectivity index (χ1n) is 5.83. The van der Waals surface area contributed by atoms with Gasteiger partial charge in [-0.2, -0.15) is 0 Å². The number of methoxy groups -OCH3 is 1. The SMILES string of the molecule is COC(=O)c1cccnc1NCc1ccccc1N. The number of nitrogen functional groups attached to an aromatic ring is 1. The summed E-state index contributed by atoms with van der Waals surface area (Å²) in [6.45, 7) is 0.494. The topological polar surface area (TPSA) is 77.2 Å². The molecule has 5 nitrogen and oxygen atoms in total. The molecule has 0 spiro atoms. The van der Waals surface area contributed by atoms with Crippen molar-refractivity contribution in [3.05, 3.63) is 53.7 Å². The predicted octanol–water partition coefficient (Wildman–Crippen LogP) is 2.06. The van der Waals surface area contributed by atoms with E-state index < -0.39 is 5.97 Å². The van der Waals surface area contributed by atoms with Gasteiger partial charge in [-0.3, -0.25) is 0 Å². The fraction of sp³-hybridized carbons (Fsp3) is 0.143. The fourth-order valence-electron chi connectivity index (χ4n) is 1.69. The number of anilines is 2. The molecule has 0 radical (unpaired) electrons. The van der Waals surface area contributed by atoms with Gasteiger partial charge in [0.05, 0.1) is 7.11 Å². The van der Waals surface area contributed by atoms with Crippen LogP contribution in [0.3, 0.4) is 0 Å². The Bertz CT molecular complexity index is 584. The molecule has 5 heteroatoms. The Labute approximate surface area is 111 Å². The first-order valence-corrected chi connectivity index (χ1v) is 5.83. The quantitative estimate of drug-likeness (QED) is 0.647. The maximum Gasteiger partial charge on any atom is 0.341 e. The van der Waals surface area contributed by atoms with Gasteiger partial charge in [0.1, 0.15) is 11.4 Å². The molecule has 2 aromatic rings. The van der Waals surface area contributed by atoms with Crippen molar-refractivity contribution in [2.24, 2.45) is 0 Å². The Morgan fingerprint density at radius 1 is 1.32 bits per heavy atom. The minimum absolute atomic E-state index is 0.402. The van der Waals surface area contributed by atoms with E-state index in [0.717, 1.165) is 5.56 Å². The number of nitrogens with two attached hydrogens (primary N) is 1. The van der Waals surface area contributed by atoms with Crippen LogP contribution < -0.4 is 11.1 Å². The molecule has 0 aliphatic rings. The van der Waals surface area contributed by atoms with Crippen molar-refractivity contribution >= 4 is 17.5 Å². The number of carbonyl (C=O) groups excluding carboxylic acids is 1. The summed E-state index contributed by atoms with van der Waals surface area (Å²) in [5.41, 5.74) is 7.91. The van der Waals surface area contributed by atoms with E-state index in [4.69, 9.17) is 10.5 Å². The number of aromatic nitrogens is 1. The molecule has 0 saturated heterocycles. The second-order valence-electron chi connectivity index (χ2n) is 3.94. The summed E-state index contributed by atoms with van der Waals surface area (Å²) in [4.78, 5) is 15.7. The van der Waals surface area contributed by atoms with Crippen LogP contribution in [0.1, 0.15) is 15.9 Å². The first kappa shape index (κ1) is 12.9. The van der Waals surface area contributed by atoms with E-state index in [9.17, 15) is 4.79 Å². The van der Waals surface area contributed by atoms with Crippen LogP contribution in [-0.2, 0) is 11.3 Å². The summed E-state index contributed by atoms with van der Waals surface area (Å²) in [5.74, 6) is 0.0641. The highest BCUT2D eigenvalue weighted by molar-refractivity contribution is 5.94. The van der Waals surface area contributed by atoms with E-state index in [0.29, 0.717) is 23.6 Å². The largest absolute Gasteiger partial charge is 0.465 e. The molecule has 1 aromatic heterocycles. The van der Waals surface area contributed by atoms with Crippen LogP contribution in [0.15, 0.2) is 42.6 Å². The van der Waals surface area contributed by atoms with Gasteiger partial charge in [0.15, 0.2) is 0 Å². The van der Waals surface area contributed by atoms with Gasteiger partial charge in [0, 0.05) is 18.4 Å². The van der Waals surface area contributed by atoms with Crippen molar-refractivity contribution < 1.29 is 9.53 Å². The molecule has 0 atom stereocenters. The van der Waals surface area contributed by atoms with Gasteiger partial charge < -0.3 is 15.8 Å². The molecule has 19 heavy (non-hydrogen) atoms. The Hall–Kier alpha value is -2.56. The van der Waals surface area contributed by atoms with E-state index >= 15 is 0 Å². The molecule has 1 aromatic carbocycles. The number of benzene rings is 1. The van der Waals surface area contributed by atoms with E-state index in [2.05, 4.69) is 10.3 Å². The molecule has 2 rings (SSSR count). The standard InChI is InChI=1S/C14H15N3O2/c1-19-14(18)11-6-4-8-16-13(11)17-9-10-5-2-3-7-12(10)15/h2-8H,9,15H2,1H3,(H,16,17). The molecule has 0 bridgehead atoms. The van der Waals surface area contributed by atoms with Gasteiger partial charge in [0.25, 0.3) is 0 Å². The number of para-hydroxylation sites is 1. The highest BCUT2D eigenvalue weighted by atomic mass is 16.5. The number of carbonyl (C=O) groups is 1. The van der Waals surface area contributed by atoms with Gasteiger partial charge >= 0.3 is 5.97 Å². The van der Waals surface area contributed by atoms with Crippen LogP contribution in [0.25, 0.3) is 0 Å². The number of esters is 1. The Morgan fingerprint density at radius 2 is 2.11 bits per heavy atom. The molecule has 0 aliphatic carbocycles. The molecule has 0 aliphatic heterocycles. The average Bonchev–Trinajstić information content (AvgIpc) is 2.46. The van der Waals surface area contributed by atoms with Crippen LogP contribution >= 0.6 is 0 Å². The van der Waals surface area contributed by atoms with Crippen molar-refractivity contribution in [1.29, 1.82) is 0 Å². The van der Waals surface area contributed by atoms with Gasteiger partial charge in [-0.1, -0.05) is 18.2 Å². The molecule has 98 valence electrons. The summed E-state index contributed by atoms with van der Waals surface area (Å²) in [6, 6.07) is 10.9. The lowest BCUT2D eigenvalue weighted by Gasteiger charge is -2.10. The Balaban J connectivity index is 2.16. The van der Waals surface area contributed by atoms with E-state index in [1.165, 1.54) is 7.11 Å². The summed E-state index contributed by atoms with van der Waals surface area (Å²) in [7, 11) is 1.34. The number of hydrogen-bond acceptors (Lipinski definition) is 5. The van der Waals surface area contributed by atoms with Crippen LogP contribution in [0, 0.1) is 0 Å². The molecule has 0 fully saturated rings. The number of ether oxygens (including phenoxy) is 1. The predicted molar refractivity (Wildman–Crippen MR) is 73.8 cm³/mol. The second kappa shape index (κ2) is 5.86. The summed E-state index contributed by atoms with van der Waals surface area (Å²) in [6.07, 6.45) is 1.61. The van der Waals surface area contributed by atoms with Crippen molar-refractivity contribution in [2.45, 2.75) is 6.54 Å². The van der Waals surface area contributed by atoms with Crippen LogP contribution in [0.2, 0.25) is 0 Å². The van der Waals surface area contributed by atoms with Crippen LogP contribution in [-0.4, -0.2) is 18.1 Å². The maximum atomic E-state index is 11.6. The lowest BCUT2D eigenvalue weighted by molar-refractivity contribution is 0.0601. The van der Waals surface area contributed by atoms with Gasteiger partial charge in [-0.25, -0.2) is 9.78 Å². The third kappa shape index (κ3) is 3.01. The first-order chi connectivity index (χ1) is 9.22. The number of rotatable bonds is 4. The normalized spacial score (nSPS) is 9.95. The van der Waals surface area contributed by atoms with Crippen molar-refractivity contribution in [2.75, 3.05) is 18.2 Å². The molecule has 1 heterocycles. The minimum atomic E-state index is -0.420. The van der Waals surface area contributed by atoms with Gasteiger partial charge in [-0.05, 0) is 23.8 Å². The lowest BCUT2D eigenvalue weighted by Crippen LogP contribution is -2.10. The van der Waals surface area contributed by atoms with Crippen LogP contribution in [0.4, 0.5) is 11.5 Å². The van der Waals surface area contributed by atoms with Crippen molar-refractivity contribution in [3.8, 4) is 0 Å². The molecule has 0 saturated carbocycles. The Kier molecular flexibility index (Phi) is 3.97. The number of pyridine rings is 1. The highest BCUT2D eigenvalue weighted by Gasteiger charge is 2.12. The molecular weight excluding hydrogens is 242 g/mol. The maximum absolute atomic E-state index is 11.6. The second-order valence-corrected chi connectivity index (χ2v) is 3.94. The smallest absolute Gasteiger partial charge is 0.341 e. The lowest BCUT2D eigenvalue weighted by atomic mass is 10.2. The summed E-state index contributed by atoms with van der Waals surface area (Å²) >= 11 is 0. The minimum Gasteiger partial charge on any atom is -0.465 e. The van der Waals surface area contributed by atoms with E-state index in [-0.39, 0.29) is 0 Å². The van der Waals surface area contributed by atoms with Gasteiger partial charge in [0.2, 0.25) is 0 Å². The molecule has 3 N–H and O–H groups in total. The summed E-state index contributed by atoms with van der Waals surface area (Å²) < 4.78 is 4.71. The molecular formula is C14H15N3O2. The zero-order chi connectivity index (χ0) is 13.7. The zero-order valence-corrected chi connectivity index (χ0v) is 10.6. The highest BCUT2D eigenvalue weighted by Crippen LogP contribution is 2.16. The monoisotopic (exact) mass is 257 g/mol. The third-order valence-corrected chi connectivity index (χ3v) is 2.71.